The predicted octanol–water partition coefficient (Wildman–Crippen LogP) is 15.0. The number of hydrogen-bond acceptors (Lipinski definition) is 5. The van der Waals surface area contributed by atoms with E-state index in [1.165, 1.54) is 0 Å². The Labute approximate surface area is 375 Å². The summed E-state index contributed by atoms with van der Waals surface area (Å²) in [5, 5.41) is 9.70. The van der Waals surface area contributed by atoms with E-state index < -0.39 is 0 Å². The van der Waals surface area contributed by atoms with Crippen molar-refractivity contribution in [3.8, 4) is 29.0 Å². The van der Waals surface area contributed by atoms with Crippen LogP contribution < -0.4 is 0 Å². The molecule has 1 unspecified atom stereocenters. The predicted molar refractivity (Wildman–Crippen MR) is 267 cm³/mol. The van der Waals surface area contributed by atoms with Crippen LogP contribution in [0.4, 0.5) is 0 Å². The third-order valence-electron chi connectivity index (χ3n) is 13.9. The first-order valence-electron chi connectivity index (χ1n) is 22.5. The summed E-state index contributed by atoms with van der Waals surface area (Å²) in [6.07, 6.45) is 5.40. The zero-order chi connectivity index (χ0) is 43.2. The van der Waals surface area contributed by atoms with E-state index in [1.807, 2.05) is 12.1 Å². The highest BCUT2D eigenvalue weighted by molar-refractivity contribution is 6.22. The van der Waals surface area contributed by atoms with Crippen molar-refractivity contribution < 1.29 is 8.83 Å². The molecule has 0 saturated heterocycles. The number of hydrogen-bond donors (Lipinski definition) is 0. The van der Waals surface area contributed by atoms with Gasteiger partial charge in [0.15, 0.2) is 17.0 Å². The topological polar surface area (TPSA) is 79.7 Å². The van der Waals surface area contributed by atoms with Gasteiger partial charge in [0.1, 0.15) is 22.4 Å². The van der Waals surface area contributed by atoms with Crippen LogP contribution >= 0.6 is 0 Å². The Morgan fingerprint density at radius 1 is 0.439 bits per heavy atom. The maximum atomic E-state index is 7.01. The molecule has 8 heteroatoms. The second kappa shape index (κ2) is 13.2. The Hall–Kier alpha value is -8.75. The van der Waals surface area contributed by atoms with E-state index in [4.69, 9.17) is 23.8 Å². The molecule has 1 aliphatic rings. The fourth-order valence-corrected chi connectivity index (χ4v) is 11.0. The molecule has 0 N–H and O–H groups in total. The van der Waals surface area contributed by atoms with Gasteiger partial charge < -0.3 is 13.4 Å². The summed E-state index contributed by atoms with van der Waals surface area (Å²) >= 11 is 0. The molecule has 8 nitrogen and oxygen atoms in total. The maximum absolute atomic E-state index is 7.01. The molecular formula is C58H36N6O2. The van der Waals surface area contributed by atoms with Crippen LogP contribution in [0.1, 0.15) is 30.6 Å². The Kier molecular flexibility index (Phi) is 7.11. The first-order valence-corrected chi connectivity index (χ1v) is 22.5. The molecule has 14 aromatic rings. The fourth-order valence-electron chi connectivity index (χ4n) is 11.0. The van der Waals surface area contributed by atoms with Crippen LogP contribution in [0.3, 0.4) is 0 Å². The lowest BCUT2D eigenvalue weighted by Gasteiger charge is -2.14. The zero-order valence-electron chi connectivity index (χ0n) is 35.6. The van der Waals surface area contributed by atoms with E-state index in [0.717, 1.165) is 127 Å². The summed E-state index contributed by atoms with van der Waals surface area (Å²) in [6, 6.07) is 59.7. The molecule has 66 heavy (non-hydrogen) atoms. The number of allylic oxidation sites excluding steroid dienone is 1. The lowest BCUT2D eigenvalue weighted by molar-refractivity contribution is 0.505. The van der Waals surface area contributed by atoms with E-state index in [1.54, 1.807) is 0 Å². The van der Waals surface area contributed by atoms with Crippen LogP contribution in [0.25, 0.3) is 133 Å². The van der Waals surface area contributed by atoms with Crippen molar-refractivity contribution in [1.82, 2.24) is 28.7 Å². The minimum atomic E-state index is 0.253. The Morgan fingerprint density at radius 3 is 1.65 bits per heavy atom. The molecule has 0 fully saturated rings. The van der Waals surface area contributed by atoms with Crippen molar-refractivity contribution in [2.24, 2.45) is 0 Å². The summed E-state index contributed by atoms with van der Waals surface area (Å²) in [5.74, 6) is 2.75. The maximum Gasteiger partial charge on any atom is 0.240 e. The molecule has 1 aliphatic carbocycles. The molecule has 0 saturated carbocycles. The van der Waals surface area contributed by atoms with Crippen molar-refractivity contribution in [2.75, 3.05) is 0 Å². The van der Waals surface area contributed by atoms with Crippen molar-refractivity contribution in [3.05, 3.63) is 187 Å². The van der Waals surface area contributed by atoms with E-state index in [9.17, 15) is 0 Å². The van der Waals surface area contributed by atoms with Crippen LogP contribution in [0.5, 0.6) is 0 Å². The number of aromatic nitrogens is 6. The molecule has 0 bridgehead atoms. The van der Waals surface area contributed by atoms with Gasteiger partial charge in [-0.3, -0.25) is 9.13 Å². The van der Waals surface area contributed by atoms with Crippen LogP contribution in [0.2, 0.25) is 0 Å². The van der Waals surface area contributed by atoms with E-state index in [-0.39, 0.29) is 5.92 Å². The molecular weight excluding hydrogens is 813 g/mol. The van der Waals surface area contributed by atoms with Gasteiger partial charge in [-0.25, -0.2) is 0 Å². The molecule has 310 valence electrons. The van der Waals surface area contributed by atoms with Gasteiger partial charge in [-0.05, 0) is 61.0 Å². The van der Waals surface area contributed by atoms with Gasteiger partial charge in [0.25, 0.3) is 0 Å². The molecule has 8 aromatic carbocycles. The number of nitrogens with zero attached hydrogens (tertiary/aromatic N) is 6. The Balaban J connectivity index is 1.13. The quantitative estimate of drug-likeness (QED) is 0.176. The SMILES string of the molecule is CC1CC=Cc2c1oc1c2ccc2c3ccccc3n(-c3nc(-c4cccc5c6ccccc6n(-c6ccccc6)c45)nc(-n4c5ccccc5c5ccc6c7ccccc7oc6c54)n3)c21. The fraction of sp³-hybridized carbons (Fsp3) is 0.0517. The number of furan rings is 2. The first-order chi connectivity index (χ1) is 32.7. The van der Waals surface area contributed by atoms with Crippen LogP contribution in [0.15, 0.2) is 185 Å². The number of para-hydroxylation sites is 6. The molecule has 1 atom stereocenters. The zero-order valence-corrected chi connectivity index (χ0v) is 35.6. The lowest BCUT2D eigenvalue weighted by Crippen LogP contribution is -2.11. The van der Waals surface area contributed by atoms with Crippen molar-refractivity contribution >= 4 is 104 Å². The average Bonchev–Trinajstić information content (AvgIpc) is 4.18. The normalized spacial score (nSPS) is 14.2. The molecule has 0 radical (unpaired) electrons. The van der Waals surface area contributed by atoms with Crippen molar-refractivity contribution in [3.63, 3.8) is 0 Å². The van der Waals surface area contributed by atoms with Gasteiger partial charge >= 0.3 is 0 Å². The third-order valence-corrected chi connectivity index (χ3v) is 13.9. The smallest absolute Gasteiger partial charge is 0.240 e. The van der Waals surface area contributed by atoms with Crippen LogP contribution in [0, 0.1) is 0 Å². The summed E-state index contributed by atoms with van der Waals surface area (Å²) < 4.78 is 20.6. The van der Waals surface area contributed by atoms with Crippen molar-refractivity contribution in [2.45, 2.75) is 19.3 Å². The van der Waals surface area contributed by atoms with Gasteiger partial charge in [-0.1, -0.05) is 134 Å². The monoisotopic (exact) mass is 848 g/mol. The van der Waals surface area contributed by atoms with E-state index in [0.29, 0.717) is 17.7 Å². The van der Waals surface area contributed by atoms with Gasteiger partial charge in [0.2, 0.25) is 11.9 Å². The highest BCUT2D eigenvalue weighted by Gasteiger charge is 2.28. The number of rotatable bonds is 4. The molecule has 0 aliphatic heterocycles. The highest BCUT2D eigenvalue weighted by Crippen LogP contribution is 2.45. The average molecular weight is 849 g/mol. The summed E-state index contributed by atoms with van der Waals surface area (Å²) in [5.41, 5.74) is 11.4. The van der Waals surface area contributed by atoms with Gasteiger partial charge in [-0.15, -0.1) is 0 Å². The first kappa shape index (κ1) is 35.7. The molecule has 6 aromatic heterocycles. The van der Waals surface area contributed by atoms with E-state index >= 15 is 0 Å². The van der Waals surface area contributed by atoms with Gasteiger partial charge in [0.05, 0.1) is 22.1 Å². The number of fused-ring (bicyclic) bond motifs is 17. The van der Waals surface area contributed by atoms with Gasteiger partial charge in [-0.2, -0.15) is 15.0 Å². The Bertz CT molecular complexity index is 4410. The van der Waals surface area contributed by atoms with Gasteiger partial charge in [0, 0.05) is 71.2 Å². The van der Waals surface area contributed by atoms with E-state index in [2.05, 4.69) is 191 Å². The minimum absolute atomic E-state index is 0.253. The standard InChI is InChI=1S/C58H36N6O2/c1-33-15-13-23-42-44-32-30-41-37-20-7-11-27-48(37)64(52(41)55(44)66-53(33)42)58-60-56(45-24-14-22-39-35-18-5-9-25-46(35)62(50(39)45)34-16-3-2-4-17-34)59-57(61-58)63-47-26-10-6-19-36(47)40-29-31-43-38-21-8-12-28-49(38)65-54(43)51(40)63/h2-14,16-33H,15H2,1H3. The van der Waals surface area contributed by atoms with Crippen molar-refractivity contribution in [1.29, 1.82) is 0 Å². The van der Waals surface area contributed by atoms with Crippen LogP contribution in [-0.2, 0) is 0 Å². The Morgan fingerprint density at radius 2 is 0.970 bits per heavy atom. The summed E-state index contributed by atoms with van der Waals surface area (Å²) in [7, 11) is 0. The largest absolute Gasteiger partial charge is 0.458 e. The van der Waals surface area contributed by atoms with Crippen LogP contribution in [-0.4, -0.2) is 28.7 Å². The second-order valence-electron chi connectivity index (χ2n) is 17.5. The second-order valence-corrected chi connectivity index (χ2v) is 17.5. The summed E-state index contributed by atoms with van der Waals surface area (Å²) in [6.45, 7) is 2.24. The molecule has 0 spiro atoms. The number of benzene rings is 8. The molecule has 6 heterocycles. The molecule has 15 rings (SSSR count). The minimum Gasteiger partial charge on any atom is -0.458 e. The molecule has 0 amide bonds. The third kappa shape index (κ3) is 4.74. The highest BCUT2D eigenvalue weighted by atomic mass is 16.3. The lowest BCUT2D eigenvalue weighted by atomic mass is 9.94. The summed E-state index contributed by atoms with van der Waals surface area (Å²) in [4.78, 5) is 16.8.